The lowest BCUT2D eigenvalue weighted by Gasteiger charge is -2.44. The Morgan fingerprint density at radius 1 is 1.36 bits per heavy atom. The first kappa shape index (κ1) is 17.0. The van der Waals surface area contributed by atoms with Gasteiger partial charge in [-0.05, 0) is 26.8 Å². The van der Waals surface area contributed by atoms with E-state index in [0.29, 0.717) is 24.5 Å². The molecule has 0 aromatic carbocycles. The van der Waals surface area contributed by atoms with Gasteiger partial charge in [-0.2, -0.15) is 10.1 Å². The van der Waals surface area contributed by atoms with Crippen LogP contribution in [-0.2, 0) is 4.74 Å². The van der Waals surface area contributed by atoms with Gasteiger partial charge in [-0.1, -0.05) is 0 Å². The Hall–Kier alpha value is -2.84. The van der Waals surface area contributed by atoms with E-state index in [9.17, 15) is 4.79 Å². The highest BCUT2D eigenvalue weighted by Crippen LogP contribution is 2.26. The van der Waals surface area contributed by atoms with Crippen LogP contribution in [0.2, 0.25) is 0 Å². The number of nitrogen functional groups attached to an aromatic ring is 1. The van der Waals surface area contributed by atoms with Crippen LogP contribution in [0.3, 0.4) is 0 Å². The lowest BCUT2D eigenvalue weighted by molar-refractivity contribution is 0.0196. The van der Waals surface area contributed by atoms with Gasteiger partial charge in [0, 0.05) is 32.4 Å². The van der Waals surface area contributed by atoms with E-state index in [2.05, 4.69) is 20.2 Å². The van der Waals surface area contributed by atoms with Gasteiger partial charge in [0.1, 0.15) is 17.1 Å². The quantitative estimate of drug-likeness (QED) is 0.866. The van der Waals surface area contributed by atoms with Gasteiger partial charge in [-0.15, -0.1) is 0 Å². The number of ether oxygens (including phenoxy) is 1. The largest absolute Gasteiger partial charge is 0.444 e. The summed E-state index contributed by atoms with van der Waals surface area (Å²) in [6, 6.07) is 3.73. The Kier molecular flexibility index (Phi) is 4.23. The molecule has 0 atom stereocenters. The number of likely N-dealkylation sites (N-methyl/N-ethyl adjacent to an activating group) is 1. The molecule has 1 saturated heterocycles. The highest BCUT2D eigenvalue weighted by atomic mass is 16.6. The maximum atomic E-state index is 12.1. The standard InChI is InChI=1S/C16H23N7O2/c1-16(2,3)25-15(24)22(4)10-8-23(9-10)13-7-12(19-14(17)20-13)11-5-6-18-21-11/h5-7,10H,8-9H2,1-4H3,(H,18,21)(H2,17,19,20). The molecule has 1 amide bonds. The Morgan fingerprint density at radius 2 is 2.08 bits per heavy atom. The maximum absolute atomic E-state index is 12.1. The SMILES string of the molecule is CN(C(=O)OC(C)(C)C)C1CN(c2cc(-c3cc[nH]n3)nc(N)n2)C1. The topological polar surface area (TPSA) is 113 Å². The second kappa shape index (κ2) is 6.23. The van der Waals surface area contributed by atoms with Crippen LogP contribution in [0.5, 0.6) is 0 Å². The van der Waals surface area contributed by atoms with Gasteiger partial charge in [0.15, 0.2) is 0 Å². The van der Waals surface area contributed by atoms with Gasteiger partial charge < -0.3 is 20.3 Å². The fourth-order valence-electron chi connectivity index (χ4n) is 2.52. The van der Waals surface area contributed by atoms with Gasteiger partial charge >= 0.3 is 6.09 Å². The molecular formula is C16H23N7O2. The van der Waals surface area contributed by atoms with Crippen molar-refractivity contribution >= 4 is 17.9 Å². The van der Waals surface area contributed by atoms with Crippen LogP contribution in [0.4, 0.5) is 16.6 Å². The summed E-state index contributed by atoms with van der Waals surface area (Å²) in [7, 11) is 1.75. The number of nitrogens with one attached hydrogen (secondary N) is 1. The van der Waals surface area contributed by atoms with Crippen LogP contribution >= 0.6 is 0 Å². The van der Waals surface area contributed by atoms with Crippen molar-refractivity contribution in [1.29, 1.82) is 0 Å². The Bertz CT molecular complexity index is 748. The van der Waals surface area contributed by atoms with Crippen molar-refractivity contribution in [3.05, 3.63) is 18.3 Å². The summed E-state index contributed by atoms with van der Waals surface area (Å²) in [5, 5.41) is 6.87. The normalized spacial score (nSPS) is 15.0. The van der Waals surface area contributed by atoms with E-state index in [0.717, 1.165) is 5.82 Å². The van der Waals surface area contributed by atoms with Crippen LogP contribution in [0.1, 0.15) is 20.8 Å². The van der Waals surface area contributed by atoms with Crippen molar-refractivity contribution in [3.8, 4) is 11.4 Å². The molecule has 0 aliphatic carbocycles. The fourth-order valence-corrected chi connectivity index (χ4v) is 2.52. The van der Waals surface area contributed by atoms with E-state index < -0.39 is 5.60 Å². The number of aromatic amines is 1. The summed E-state index contributed by atoms with van der Waals surface area (Å²) in [6.07, 6.45) is 1.40. The number of H-pyrrole nitrogens is 1. The smallest absolute Gasteiger partial charge is 0.410 e. The van der Waals surface area contributed by atoms with E-state index in [4.69, 9.17) is 10.5 Å². The third-order valence-electron chi connectivity index (χ3n) is 3.91. The van der Waals surface area contributed by atoms with Crippen LogP contribution < -0.4 is 10.6 Å². The molecule has 0 radical (unpaired) electrons. The molecule has 3 N–H and O–H groups in total. The molecule has 3 heterocycles. The summed E-state index contributed by atoms with van der Waals surface area (Å²) in [5.74, 6) is 0.916. The predicted octanol–water partition coefficient (Wildman–Crippen LogP) is 1.50. The third-order valence-corrected chi connectivity index (χ3v) is 3.91. The lowest BCUT2D eigenvalue weighted by Crippen LogP contribution is -2.60. The van der Waals surface area contributed by atoms with E-state index in [1.807, 2.05) is 37.8 Å². The molecule has 1 fully saturated rings. The highest BCUT2D eigenvalue weighted by Gasteiger charge is 2.35. The zero-order chi connectivity index (χ0) is 18.2. The first-order valence-electron chi connectivity index (χ1n) is 8.08. The van der Waals surface area contributed by atoms with Crippen LogP contribution in [0, 0.1) is 0 Å². The molecule has 0 bridgehead atoms. The minimum Gasteiger partial charge on any atom is -0.444 e. The summed E-state index contributed by atoms with van der Waals surface area (Å²) in [6.45, 7) is 6.88. The zero-order valence-corrected chi connectivity index (χ0v) is 14.9. The number of anilines is 2. The zero-order valence-electron chi connectivity index (χ0n) is 14.9. The molecule has 0 unspecified atom stereocenters. The van der Waals surface area contributed by atoms with E-state index in [-0.39, 0.29) is 18.1 Å². The molecule has 9 nitrogen and oxygen atoms in total. The number of nitrogens with zero attached hydrogens (tertiary/aromatic N) is 5. The van der Waals surface area contributed by atoms with Crippen molar-refractivity contribution < 1.29 is 9.53 Å². The number of carbonyl (C=O) groups is 1. The maximum Gasteiger partial charge on any atom is 0.410 e. The second-order valence-corrected chi connectivity index (χ2v) is 7.08. The number of carbonyl (C=O) groups excluding carboxylic acids is 1. The molecule has 25 heavy (non-hydrogen) atoms. The van der Waals surface area contributed by atoms with Crippen molar-refractivity contribution in [2.45, 2.75) is 32.4 Å². The Labute approximate surface area is 146 Å². The number of amides is 1. The number of rotatable bonds is 3. The van der Waals surface area contributed by atoms with Crippen molar-refractivity contribution in [1.82, 2.24) is 25.1 Å². The molecule has 0 spiro atoms. The van der Waals surface area contributed by atoms with Gasteiger partial charge in [0.05, 0.1) is 11.7 Å². The lowest BCUT2D eigenvalue weighted by atomic mass is 10.1. The summed E-state index contributed by atoms with van der Waals surface area (Å²) in [4.78, 5) is 24.3. The monoisotopic (exact) mass is 345 g/mol. The molecule has 1 aliphatic heterocycles. The minimum absolute atomic E-state index is 0.0693. The van der Waals surface area contributed by atoms with Gasteiger partial charge in [-0.25, -0.2) is 9.78 Å². The molecule has 0 saturated carbocycles. The molecule has 9 heteroatoms. The summed E-state index contributed by atoms with van der Waals surface area (Å²) >= 11 is 0. The van der Waals surface area contributed by atoms with Crippen LogP contribution in [-0.4, -0.2) is 62.9 Å². The summed E-state index contributed by atoms with van der Waals surface area (Å²) < 4.78 is 5.40. The number of nitrogens with two attached hydrogens (primary N) is 1. The highest BCUT2D eigenvalue weighted by molar-refractivity contribution is 5.69. The molecule has 3 rings (SSSR count). The van der Waals surface area contributed by atoms with Gasteiger partial charge in [0.25, 0.3) is 0 Å². The molecule has 2 aromatic heterocycles. The average Bonchev–Trinajstić information content (AvgIpc) is 2.97. The van der Waals surface area contributed by atoms with Gasteiger partial charge in [-0.3, -0.25) is 5.10 Å². The van der Waals surface area contributed by atoms with Crippen LogP contribution in [0.25, 0.3) is 11.4 Å². The third kappa shape index (κ3) is 3.81. The molecule has 1 aliphatic rings. The number of aromatic nitrogens is 4. The average molecular weight is 345 g/mol. The van der Waals surface area contributed by atoms with Crippen LogP contribution in [0.15, 0.2) is 18.3 Å². The fraction of sp³-hybridized carbons (Fsp3) is 0.500. The van der Waals surface area contributed by atoms with E-state index >= 15 is 0 Å². The first-order chi connectivity index (χ1) is 11.7. The van der Waals surface area contributed by atoms with E-state index in [1.54, 1.807) is 18.1 Å². The molecular weight excluding hydrogens is 322 g/mol. The molecule has 134 valence electrons. The minimum atomic E-state index is -0.506. The Morgan fingerprint density at radius 3 is 2.68 bits per heavy atom. The Balaban J connectivity index is 1.66. The molecule has 2 aromatic rings. The number of hydrogen-bond acceptors (Lipinski definition) is 7. The number of hydrogen-bond donors (Lipinski definition) is 2. The van der Waals surface area contributed by atoms with E-state index in [1.165, 1.54) is 0 Å². The first-order valence-corrected chi connectivity index (χ1v) is 8.08. The van der Waals surface area contributed by atoms with Crippen molar-refractivity contribution in [3.63, 3.8) is 0 Å². The van der Waals surface area contributed by atoms with Crippen molar-refractivity contribution in [2.24, 2.45) is 0 Å². The summed E-state index contributed by atoms with van der Waals surface area (Å²) in [5.41, 5.74) is 6.68. The van der Waals surface area contributed by atoms with Gasteiger partial charge in [0.2, 0.25) is 5.95 Å². The predicted molar refractivity (Wildman–Crippen MR) is 94.0 cm³/mol. The van der Waals surface area contributed by atoms with Crippen molar-refractivity contribution in [2.75, 3.05) is 30.8 Å². The second-order valence-electron chi connectivity index (χ2n) is 7.08.